The minimum absolute atomic E-state index is 0.338. The summed E-state index contributed by atoms with van der Waals surface area (Å²) in [7, 11) is 0. The van der Waals surface area contributed by atoms with E-state index in [2.05, 4.69) is 19.2 Å². The molecule has 1 aliphatic carbocycles. The second-order valence-electron chi connectivity index (χ2n) is 3.00. The Bertz CT molecular complexity index is 198. The Morgan fingerprint density at radius 2 is 2.17 bits per heavy atom. The Balaban J connectivity index is 2.62. The third-order valence-electron chi connectivity index (χ3n) is 2.15. The second-order valence-corrected chi connectivity index (χ2v) is 3.00. The topological polar surface area (TPSA) is 29.3 Å². The molecule has 66 valence electrons. The predicted octanol–water partition coefficient (Wildman–Crippen LogP) is 1.97. The molecular weight excluding hydrogens is 148 g/mol. The van der Waals surface area contributed by atoms with Crippen LogP contribution in [-0.4, -0.2) is 10.9 Å². The lowest BCUT2D eigenvalue weighted by atomic mass is 10.00. The van der Waals surface area contributed by atoms with E-state index in [0.717, 1.165) is 19.3 Å². The lowest BCUT2D eigenvalue weighted by molar-refractivity contribution is 0.503. The summed E-state index contributed by atoms with van der Waals surface area (Å²) in [6.45, 7) is 7.42. The smallest absolute Gasteiger partial charge is 0.0181 e. The highest BCUT2D eigenvalue weighted by Crippen LogP contribution is 2.20. The van der Waals surface area contributed by atoms with Gasteiger partial charge in [0, 0.05) is 24.1 Å². The third-order valence-corrected chi connectivity index (χ3v) is 2.15. The van der Waals surface area contributed by atoms with E-state index in [0.29, 0.717) is 6.04 Å². The van der Waals surface area contributed by atoms with Crippen molar-refractivity contribution in [1.29, 1.82) is 0 Å². The zero-order valence-electron chi connectivity index (χ0n) is 7.37. The first-order valence-corrected chi connectivity index (χ1v) is 4.26. The van der Waals surface area contributed by atoms with E-state index in [9.17, 15) is 0 Å². The average molecular weight is 164 g/mol. The van der Waals surface area contributed by atoms with Gasteiger partial charge in [-0.1, -0.05) is 19.2 Å². The normalized spacial score (nSPS) is 22.8. The van der Waals surface area contributed by atoms with Crippen molar-refractivity contribution < 1.29 is 0 Å². The molecule has 1 atom stereocenters. The minimum Gasteiger partial charge on any atom is -0.329 e. The molecule has 0 aliphatic heterocycles. The van der Waals surface area contributed by atoms with Gasteiger partial charge >= 0.3 is 0 Å². The molecule has 2 nitrogen and oxygen atoms in total. The SMILES string of the molecule is C=CN(C=C)C1=CCC(N)CC1. The van der Waals surface area contributed by atoms with Gasteiger partial charge in [-0.05, 0) is 19.3 Å². The van der Waals surface area contributed by atoms with Gasteiger partial charge in [-0.15, -0.1) is 0 Å². The summed E-state index contributed by atoms with van der Waals surface area (Å²) >= 11 is 0. The van der Waals surface area contributed by atoms with Crippen LogP contribution < -0.4 is 5.73 Å². The molecule has 12 heavy (non-hydrogen) atoms. The number of hydrogen-bond acceptors (Lipinski definition) is 2. The van der Waals surface area contributed by atoms with E-state index in [1.54, 1.807) is 12.4 Å². The fourth-order valence-electron chi connectivity index (χ4n) is 1.38. The number of allylic oxidation sites excluding steroid dienone is 1. The number of nitrogens with two attached hydrogens (primary N) is 1. The molecule has 0 saturated carbocycles. The Kier molecular flexibility index (Phi) is 3.11. The van der Waals surface area contributed by atoms with Crippen LogP contribution in [0.3, 0.4) is 0 Å². The molecule has 0 aromatic heterocycles. The van der Waals surface area contributed by atoms with Crippen LogP contribution in [0.25, 0.3) is 0 Å². The van der Waals surface area contributed by atoms with E-state index in [4.69, 9.17) is 5.73 Å². The fourth-order valence-corrected chi connectivity index (χ4v) is 1.38. The van der Waals surface area contributed by atoms with Crippen LogP contribution >= 0.6 is 0 Å². The van der Waals surface area contributed by atoms with Crippen LogP contribution in [0, 0.1) is 0 Å². The van der Waals surface area contributed by atoms with Gasteiger partial charge in [0.2, 0.25) is 0 Å². The van der Waals surface area contributed by atoms with Gasteiger partial charge in [0.25, 0.3) is 0 Å². The van der Waals surface area contributed by atoms with Gasteiger partial charge in [-0.2, -0.15) is 0 Å². The fraction of sp³-hybridized carbons (Fsp3) is 0.400. The van der Waals surface area contributed by atoms with E-state index >= 15 is 0 Å². The van der Waals surface area contributed by atoms with Crippen molar-refractivity contribution in [3.63, 3.8) is 0 Å². The zero-order chi connectivity index (χ0) is 8.97. The first kappa shape index (κ1) is 9.07. The van der Waals surface area contributed by atoms with Crippen molar-refractivity contribution in [2.24, 2.45) is 5.73 Å². The highest BCUT2D eigenvalue weighted by molar-refractivity contribution is 5.11. The van der Waals surface area contributed by atoms with Crippen LogP contribution in [0.2, 0.25) is 0 Å². The van der Waals surface area contributed by atoms with Gasteiger partial charge in [0.15, 0.2) is 0 Å². The van der Waals surface area contributed by atoms with Crippen LogP contribution in [0.15, 0.2) is 37.3 Å². The van der Waals surface area contributed by atoms with Crippen molar-refractivity contribution >= 4 is 0 Å². The predicted molar refractivity (Wildman–Crippen MR) is 52.1 cm³/mol. The van der Waals surface area contributed by atoms with E-state index in [-0.39, 0.29) is 0 Å². The Labute approximate surface area is 74.0 Å². The maximum absolute atomic E-state index is 5.77. The quantitative estimate of drug-likeness (QED) is 0.691. The first-order chi connectivity index (χ1) is 5.77. The van der Waals surface area contributed by atoms with Crippen LogP contribution in [0.1, 0.15) is 19.3 Å². The number of nitrogens with zero attached hydrogens (tertiary/aromatic N) is 1. The Morgan fingerprint density at radius 1 is 1.50 bits per heavy atom. The summed E-state index contributed by atoms with van der Waals surface area (Å²) in [5.41, 5.74) is 7.03. The van der Waals surface area contributed by atoms with E-state index in [1.165, 1.54) is 5.70 Å². The summed E-state index contributed by atoms with van der Waals surface area (Å²) in [6, 6.07) is 0.338. The maximum Gasteiger partial charge on any atom is 0.0181 e. The molecule has 2 heteroatoms. The highest BCUT2D eigenvalue weighted by Gasteiger charge is 2.12. The van der Waals surface area contributed by atoms with E-state index < -0.39 is 0 Å². The van der Waals surface area contributed by atoms with Crippen LogP contribution in [0.5, 0.6) is 0 Å². The summed E-state index contributed by atoms with van der Waals surface area (Å²) in [6.07, 6.45) is 8.76. The van der Waals surface area contributed by atoms with Gasteiger partial charge in [-0.3, -0.25) is 0 Å². The highest BCUT2D eigenvalue weighted by atomic mass is 15.1. The summed E-state index contributed by atoms with van der Waals surface area (Å²) in [5.74, 6) is 0. The van der Waals surface area contributed by atoms with Gasteiger partial charge in [0.05, 0.1) is 0 Å². The molecule has 0 amide bonds. The molecule has 1 aliphatic rings. The largest absolute Gasteiger partial charge is 0.329 e. The lowest BCUT2D eigenvalue weighted by Gasteiger charge is -2.24. The molecule has 0 spiro atoms. The van der Waals surface area contributed by atoms with E-state index in [1.807, 2.05) is 4.90 Å². The third kappa shape index (κ3) is 1.98. The monoisotopic (exact) mass is 164 g/mol. The molecule has 0 aromatic carbocycles. The molecule has 0 bridgehead atoms. The molecule has 1 unspecified atom stereocenters. The molecule has 0 heterocycles. The maximum atomic E-state index is 5.77. The Morgan fingerprint density at radius 3 is 2.58 bits per heavy atom. The molecule has 0 radical (unpaired) electrons. The van der Waals surface area contributed by atoms with Crippen LogP contribution in [0.4, 0.5) is 0 Å². The van der Waals surface area contributed by atoms with Crippen molar-refractivity contribution in [2.75, 3.05) is 0 Å². The molecule has 0 aromatic rings. The number of hydrogen-bond donors (Lipinski definition) is 1. The van der Waals surface area contributed by atoms with Crippen molar-refractivity contribution in [3.05, 3.63) is 37.3 Å². The van der Waals surface area contributed by atoms with Gasteiger partial charge < -0.3 is 10.6 Å². The molecular formula is C10H16N2. The summed E-state index contributed by atoms with van der Waals surface area (Å²) in [4.78, 5) is 1.95. The number of rotatable bonds is 3. The Hall–Kier alpha value is -1.02. The molecule has 0 fully saturated rings. The van der Waals surface area contributed by atoms with Gasteiger partial charge in [-0.25, -0.2) is 0 Å². The molecule has 1 rings (SSSR count). The van der Waals surface area contributed by atoms with Crippen molar-refractivity contribution in [1.82, 2.24) is 4.90 Å². The van der Waals surface area contributed by atoms with Crippen molar-refractivity contribution in [3.8, 4) is 0 Å². The van der Waals surface area contributed by atoms with Gasteiger partial charge in [0.1, 0.15) is 0 Å². The zero-order valence-corrected chi connectivity index (χ0v) is 7.37. The first-order valence-electron chi connectivity index (χ1n) is 4.26. The van der Waals surface area contributed by atoms with Crippen molar-refractivity contribution in [2.45, 2.75) is 25.3 Å². The lowest BCUT2D eigenvalue weighted by Crippen LogP contribution is -2.24. The summed E-state index contributed by atoms with van der Waals surface area (Å²) < 4.78 is 0. The second kappa shape index (κ2) is 4.12. The minimum atomic E-state index is 0.338. The van der Waals surface area contributed by atoms with Crippen LogP contribution in [-0.2, 0) is 0 Å². The average Bonchev–Trinajstić information content (AvgIpc) is 2.10. The standard InChI is InChI=1S/C10H16N2/c1-3-12(4-2)10-7-5-9(11)6-8-10/h3-4,7,9H,1-2,5-6,8,11H2. The summed E-state index contributed by atoms with van der Waals surface area (Å²) in [5, 5.41) is 0. The molecule has 0 saturated heterocycles. The molecule has 2 N–H and O–H groups in total.